The van der Waals surface area contributed by atoms with E-state index < -0.39 is 0 Å². The standard InChI is InChI=1S/C40H26N2/c1-2-12-27(13-3-1)29-16-10-17-30(26-29)41-37-21-8-6-19-32(37)34-24-25-35-33-20-7-9-22-38(33)42(40(35)39(34)41)36-23-11-15-28-14-4-5-18-31(28)36/h1-26H. The summed E-state index contributed by atoms with van der Waals surface area (Å²) in [4.78, 5) is 0. The Hall–Kier alpha value is -5.60. The zero-order valence-corrected chi connectivity index (χ0v) is 22.9. The van der Waals surface area contributed by atoms with Gasteiger partial charge in [0, 0.05) is 32.6 Å². The number of hydrogen-bond donors (Lipinski definition) is 0. The van der Waals surface area contributed by atoms with Crippen LogP contribution in [0.3, 0.4) is 0 Å². The van der Waals surface area contributed by atoms with E-state index in [1.807, 2.05) is 0 Å². The van der Waals surface area contributed by atoms with Gasteiger partial charge in [0.15, 0.2) is 0 Å². The molecule has 0 spiro atoms. The van der Waals surface area contributed by atoms with E-state index in [4.69, 9.17) is 0 Å². The highest BCUT2D eigenvalue weighted by molar-refractivity contribution is 6.24. The maximum absolute atomic E-state index is 2.49. The summed E-state index contributed by atoms with van der Waals surface area (Å²) < 4.78 is 4.96. The first-order valence-electron chi connectivity index (χ1n) is 14.5. The van der Waals surface area contributed by atoms with Gasteiger partial charge in [-0.05, 0) is 46.8 Å². The van der Waals surface area contributed by atoms with Crippen molar-refractivity contribution in [2.24, 2.45) is 0 Å². The number of benzene rings is 7. The molecule has 196 valence electrons. The number of nitrogens with zero attached hydrogens (tertiary/aromatic N) is 2. The minimum absolute atomic E-state index is 1.16. The Labute approximate surface area is 243 Å². The Morgan fingerprint density at radius 2 is 0.881 bits per heavy atom. The maximum Gasteiger partial charge on any atom is 0.0789 e. The van der Waals surface area contributed by atoms with Gasteiger partial charge in [-0.2, -0.15) is 0 Å². The van der Waals surface area contributed by atoms with E-state index in [-0.39, 0.29) is 0 Å². The van der Waals surface area contributed by atoms with Crippen LogP contribution in [0.2, 0.25) is 0 Å². The molecule has 9 rings (SSSR count). The molecule has 0 unspecified atom stereocenters. The monoisotopic (exact) mass is 534 g/mol. The van der Waals surface area contributed by atoms with Crippen molar-refractivity contribution < 1.29 is 0 Å². The number of para-hydroxylation sites is 2. The smallest absolute Gasteiger partial charge is 0.0789 e. The minimum Gasteiger partial charge on any atom is -0.307 e. The Morgan fingerprint density at radius 1 is 0.333 bits per heavy atom. The lowest BCUT2D eigenvalue weighted by Crippen LogP contribution is -1.99. The Kier molecular flexibility index (Phi) is 4.93. The third-order valence-corrected chi connectivity index (χ3v) is 8.69. The average molecular weight is 535 g/mol. The van der Waals surface area contributed by atoms with E-state index in [9.17, 15) is 0 Å². The Balaban J connectivity index is 1.49. The largest absolute Gasteiger partial charge is 0.307 e. The Morgan fingerprint density at radius 3 is 1.64 bits per heavy atom. The van der Waals surface area contributed by atoms with E-state index in [1.54, 1.807) is 0 Å². The highest BCUT2D eigenvalue weighted by Crippen LogP contribution is 2.42. The van der Waals surface area contributed by atoms with Crippen LogP contribution in [0.1, 0.15) is 0 Å². The molecule has 2 nitrogen and oxygen atoms in total. The van der Waals surface area contributed by atoms with Crippen molar-refractivity contribution in [3.8, 4) is 22.5 Å². The van der Waals surface area contributed by atoms with Gasteiger partial charge in [-0.3, -0.25) is 0 Å². The normalized spacial score (nSPS) is 11.8. The van der Waals surface area contributed by atoms with E-state index in [1.165, 1.54) is 71.2 Å². The molecule has 0 fully saturated rings. The molecule has 0 N–H and O–H groups in total. The van der Waals surface area contributed by atoms with Crippen LogP contribution in [-0.4, -0.2) is 9.13 Å². The summed E-state index contributed by atoms with van der Waals surface area (Å²) in [7, 11) is 0. The van der Waals surface area contributed by atoms with Crippen molar-refractivity contribution in [2.45, 2.75) is 0 Å². The second kappa shape index (κ2) is 8.95. The van der Waals surface area contributed by atoms with Crippen LogP contribution < -0.4 is 0 Å². The molecular formula is C40H26N2. The summed E-state index contributed by atoms with van der Waals surface area (Å²) in [6, 6.07) is 57.2. The predicted octanol–water partition coefficient (Wildman–Crippen LogP) is 10.7. The zero-order chi connectivity index (χ0) is 27.6. The summed E-state index contributed by atoms with van der Waals surface area (Å²) in [5.41, 5.74) is 9.66. The molecule has 0 bridgehead atoms. The van der Waals surface area contributed by atoms with E-state index in [0.29, 0.717) is 0 Å². The van der Waals surface area contributed by atoms with Crippen LogP contribution in [0, 0.1) is 0 Å². The van der Waals surface area contributed by atoms with Crippen LogP contribution in [0.4, 0.5) is 0 Å². The molecular weight excluding hydrogens is 508 g/mol. The van der Waals surface area contributed by atoms with E-state index in [2.05, 4.69) is 167 Å². The minimum atomic E-state index is 1.16. The number of aromatic nitrogens is 2. The molecule has 2 aromatic heterocycles. The third-order valence-electron chi connectivity index (χ3n) is 8.69. The third kappa shape index (κ3) is 3.27. The van der Waals surface area contributed by atoms with E-state index >= 15 is 0 Å². The van der Waals surface area contributed by atoms with Crippen molar-refractivity contribution >= 4 is 54.4 Å². The first kappa shape index (κ1) is 23.1. The quantitative estimate of drug-likeness (QED) is 0.213. The van der Waals surface area contributed by atoms with Gasteiger partial charge in [-0.15, -0.1) is 0 Å². The summed E-state index contributed by atoms with van der Waals surface area (Å²) in [6.07, 6.45) is 0. The van der Waals surface area contributed by atoms with Crippen LogP contribution in [0.25, 0.3) is 76.9 Å². The van der Waals surface area contributed by atoms with Gasteiger partial charge >= 0.3 is 0 Å². The summed E-state index contributed by atoms with van der Waals surface area (Å²) in [6.45, 7) is 0. The van der Waals surface area contributed by atoms with Crippen molar-refractivity contribution in [2.75, 3.05) is 0 Å². The summed E-state index contributed by atoms with van der Waals surface area (Å²) >= 11 is 0. The van der Waals surface area contributed by atoms with Crippen LogP contribution >= 0.6 is 0 Å². The topological polar surface area (TPSA) is 9.86 Å². The molecule has 7 aromatic carbocycles. The molecule has 2 heterocycles. The molecule has 2 heteroatoms. The van der Waals surface area contributed by atoms with Gasteiger partial charge in [0.25, 0.3) is 0 Å². The lowest BCUT2D eigenvalue weighted by Gasteiger charge is -2.15. The number of rotatable bonds is 3. The van der Waals surface area contributed by atoms with Crippen LogP contribution in [0.5, 0.6) is 0 Å². The summed E-state index contributed by atoms with van der Waals surface area (Å²) in [5.74, 6) is 0. The first-order chi connectivity index (χ1) is 20.9. The van der Waals surface area contributed by atoms with Crippen molar-refractivity contribution in [3.63, 3.8) is 0 Å². The van der Waals surface area contributed by atoms with Gasteiger partial charge in [0.2, 0.25) is 0 Å². The van der Waals surface area contributed by atoms with Crippen LogP contribution in [0.15, 0.2) is 158 Å². The van der Waals surface area contributed by atoms with Gasteiger partial charge < -0.3 is 9.13 Å². The predicted molar refractivity (Wildman–Crippen MR) is 178 cm³/mol. The molecule has 0 atom stereocenters. The molecule has 0 saturated carbocycles. The fourth-order valence-electron chi connectivity index (χ4n) is 6.88. The lowest BCUT2D eigenvalue weighted by atomic mass is 10.1. The molecule has 9 aromatic rings. The lowest BCUT2D eigenvalue weighted by molar-refractivity contribution is 1.16. The molecule has 0 aliphatic carbocycles. The average Bonchev–Trinajstić information content (AvgIpc) is 3.58. The van der Waals surface area contributed by atoms with Crippen molar-refractivity contribution in [3.05, 3.63) is 158 Å². The molecule has 0 amide bonds. The zero-order valence-electron chi connectivity index (χ0n) is 22.9. The van der Waals surface area contributed by atoms with Gasteiger partial charge in [0.1, 0.15) is 0 Å². The fourth-order valence-corrected chi connectivity index (χ4v) is 6.88. The molecule has 0 saturated heterocycles. The number of hydrogen-bond acceptors (Lipinski definition) is 0. The fraction of sp³-hybridized carbons (Fsp3) is 0. The number of fused-ring (bicyclic) bond motifs is 8. The van der Waals surface area contributed by atoms with Gasteiger partial charge in [-0.1, -0.05) is 127 Å². The first-order valence-corrected chi connectivity index (χ1v) is 14.5. The van der Waals surface area contributed by atoms with Gasteiger partial charge in [0.05, 0.1) is 27.8 Å². The van der Waals surface area contributed by atoms with Crippen molar-refractivity contribution in [1.29, 1.82) is 0 Å². The van der Waals surface area contributed by atoms with Crippen molar-refractivity contribution in [1.82, 2.24) is 9.13 Å². The molecule has 0 aliphatic heterocycles. The second-order valence-electron chi connectivity index (χ2n) is 11.0. The molecule has 0 radical (unpaired) electrons. The summed E-state index contributed by atoms with van der Waals surface area (Å²) in [5, 5.41) is 7.52. The van der Waals surface area contributed by atoms with E-state index in [0.717, 1.165) is 5.69 Å². The second-order valence-corrected chi connectivity index (χ2v) is 11.0. The molecule has 0 aliphatic rings. The highest BCUT2D eigenvalue weighted by atomic mass is 15.0. The SMILES string of the molecule is c1ccc(-c2cccc(-n3c4ccccc4c4ccc5c6ccccc6n(-c6cccc7ccccc67)c5c43)c2)cc1. The highest BCUT2D eigenvalue weighted by Gasteiger charge is 2.21. The van der Waals surface area contributed by atoms with Crippen LogP contribution in [-0.2, 0) is 0 Å². The Bertz CT molecular complexity index is 2450. The maximum atomic E-state index is 2.49. The molecule has 42 heavy (non-hydrogen) atoms. The van der Waals surface area contributed by atoms with Gasteiger partial charge in [-0.25, -0.2) is 0 Å².